The number of methoxy groups -OCH3 is 1. The topological polar surface area (TPSA) is 94.3 Å². The van der Waals surface area contributed by atoms with E-state index in [0.29, 0.717) is 20.4 Å². The number of benzene rings is 1. The van der Waals surface area contributed by atoms with Crippen molar-refractivity contribution in [2.24, 2.45) is 0 Å². The van der Waals surface area contributed by atoms with E-state index in [4.69, 9.17) is 10.5 Å². The van der Waals surface area contributed by atoms with Gasteiger partial charge >= 0.3 is 0 Å². The van der Waals surface area contributed by atoms with Gasteiger partial charge in [-0.25, -0.2) is 13.4 Å². The first-order valence-corrected chi connectivity index (χ1v) is 8.68. The summed E-state index contributed by atoms with van der Waals surface area (Å²) in [5, 5.41) is 0. The van der Waals surface area contributed by atoms with E-state index >= 15 is 0 Å². The molecule has 0 amide bonds. The molecule has 0 unspecified atom stereocenters. The van der Waals surface area contributed by atoms with Crippen LogP contribution in [0.5, 0.6) is 5.75 Å². The molecule has 112 valence electrons. The minimum Gasteiger partial charge on any atom is -0.497 e. The molecular weight excluding hydrogens is 426 g/mol. The van der Waals surface area contributed by atoms with E-state index in [9.17, 15) is 8.42 Å². The third-order valence-corrected chi connectivity index (χ3v) is 5.08. The maximum Gasteiger partial charge on any atom is 0.265 e. The Bertz CT molecular complexity index is 781. The lowest BCUT2D eigenvalue weighted by molar-refractivity contribution is 0.415. The second-order valence-electron chi connectivity index (χ2n) is 3.99. The van der Waals surface area contributed by atoms with E-state index in [0.717, 1.165) is 0 Å². The molecule has 0 atom stereocenters. The molecule has 0 saturated heterocycles. The van der Waals surface area contributed by atoms with E-state index in [1.165, 1.54) is 19.4 Å². The highest BCUT2D eigenvalue weighted by atomic mass is 79.9. The molecule has 21 heavy (non-hydrogen) atoms. The molecule has 0 bridgehead atoms. The Morgan fingerprint density at radius 1 is 1.29 bits per heavy atom. The van der Waals surface area contributed by atoms with Crippen LogP contribution in [0.1, 0.15) is 0 Å². The van der Waals surface area contributed by atoms with E-state index in [1.54, 1.807) is 18.2 Å². The molecule has 0 aliphatic heterocycles. The highest BCUT2D eigenvalue weighted by Crippen LogP contribution is 2.30. The zero-order valence-corrected chi connectivity index (χ0v) is 14.8. The summed E-state index contributed by atoms with van der Waals surface area (Å²) < 4.78 is 33.4. The summed E-state index contributed by atoms with van der Waals surface area (Å²) >= 11 is 6.45. The van der Waals surface area contributed by atoms with Crippen LogP contribution < -0.4 is 15.2 Å². The normalized spacial score (nSPS) is 11.2. The lowest BCUT2D eigenvalue weighted by atomic mass is 10.3. The third-order valence-electron chi connectivity index (χ3n) is 2.56. The van der Waals surface area contributed by atoms with Crippen LogP contribution in [0, 0.1) is 0 Å². The molecule has 3 N–H and O–H groups in total. The Labute approximate surface area is 139 Å². The molecule has 0 saturated carbocycles. The predicted octanol–water partition coefficient (Wildman–Crippen LogP) is 3.00. The molecule has 0 radical (unpaired) electrons. The Morgan fingerprint density at radius 2 is 2.00 bits per heavy atom. The lowest BCUT2D eigenvalue weighted by Gasteiger charge is -2.12. The summed E-state index contributed by atoms with van der Waals surface area (Å²) in [7, 11) is -2.37. The van der Waals surface area contributed by atoms with Crippen LogP contribution in [-0.4, -0.2) is 20.5 Å². The van der Waals surface area contributed by atoms with Crippen molar-refractivity contribution < 1.29 is 13.2 Å². The van der Waals surface area contributed by atoms with Gasteiger partial charge in [0.2, 0.25) is 0 Å². The summed E-state index contributed by atoms with van der Waals surface area (Å²) in [6, 6.07) is 6.33. The summed E-state index contributed by atoms with van der Waals surface area (Å²) in [5.41, 5.74) is 5.98. The standard InChI is InChI=1S/C12H11Br2N3O3S/c1-20-8-2-3-9(14)10(5-8)17-21(18,19)11-4-7(13)6-16-12(11)15/h2-6,17H,1H3,(H2,15,16). The third kappa shape index (κ3) is 3.66. The molecule has 2 rings (SSSR count). The van der Waals surface area contributed by atoms with Crippen molar-refractivity contribution in [3.05, 3.63) is 39.4 Å². The number of nitrogens with zero attached hydrogens (tertiary/aromatic N) is 1. The SMILES string of the molecule is COc1ccc(Br)c(NS(=O)(=O)c2cc(Br)cnc2N)c1. The minimum absolute atomic E-state index is 0.0790. The average Bonchev–Trinajstić information content (AvgIpc) is 2.43. The Balaban J connectivity index is 2.44. The number of nitrogens with two attached hydrogens (primary N) is 1. The number of hydrogen-bond acceptors (Lipinski definition) is 5. The molecular formula is C12H11Br2N3O3S. The fourth-order valence-corrected chi connectivity index (χ4v) is 3.69. The van der Waals surface area contributed by atoms with Gasteiger partial charge in [0, 0.05) is 21.2 Å². The summed E-state index contributed by atoms with van der Waals surface area (Å²) in [6.07, 6.45) is 1.43. The van der Waals surface area contributed by atoms with Gasteiger partial charge < -0.3 is 10.5 Å². The fourth-order valence-electron chi connectivity index (χ4n) is 1.56. The van der Waals surface area contributed by atoms with Gasteiger partial charge in [0.1, 0.15) is 16.5 Å². The van der Waals surface area contributed by atoms with Gasteiger partial charge in [0.05, 0.1) is 12.8 Å². The van der Waals surface area contributed by atoms with E-state index in [1.807, 2.05) is 0 Å². The molecule has 1 aromatic carbocycles. The average molecular weight is 437 g/mol. The monoisotopic (exact) mass is 435 g/mol. The number of nitrogen functional groups attached to an aromatic ring is 1. The molecule has 0 fully saturated rings. The van der Waals surface area contributed by atoms with Crippen LogP contribution in [0.15, 0.2) is 44.3 Å². The smallest absolute Gasteiger partial charge is 0.265 e. The highest BCUT2D eigenvalue weighted by Gasteiger charge is 2.20. The van der Waals surface area contributed by atoms with Gasteiger partial charge in [0.25, 0.3) is 10.0 Å². The number of ether oxygens (including phenoxy) is 1. The van der Waals surface area contributed by atoms with Gasteiger partial charge in [-0.15, -0.1) is 0 Å². The van der Waals surface area contributed by atoms with Gasteiger partial charge in [-0.05, 0) is 50.1 Å². The highest BCUT2D eigenvalue weighted by molar-refractivity contribution is 9.10. The predicted molar refractivity (Wildman–Crippen MR) is 87.9 cm³/mol. The van der Waals surface area contributed by atoms with Crippen molar-refractivity contribution in [1.82, 2.24) is 4.98 Å². The van der Waals surface area contributed by atoms with E-state index in [-0.39, 0.29) is 10.7 Å². The van der Waals surface area contributed by atoms with Crippen LogP contribution in [0.4, 0.5) is 11.5 Å². The molecule has 0 aliphatic carbocycles. The van der Waals surface area contributed by atoms with Crippen LogP contribution in [-0.2, 0) is 10.0 Å². The van der Waals surface area contributed by atoms with Crippen molar-refractivity contribution >= 4 is 53.4 Å². The Morgan fingerprint density at radius 3 is 2.67 bits per heavy atom. The first-order chi connectivity index (χ1) is 9.83. The summed E-state index contributed by atoms with van der Waals surface area (Å²) in [6.45, 7) is 0. The van der Waals surface area contributed by atoms with E-state index < -0.39 is 10.0 Å². The molecule has 6 nitrogen and oxygen atoms in total. The van der Waals surface area contributed by atoms with Gasteiger partial charge in [-0.3, -0.25) is 4.72 Å². The first-order valence-electron chi connectivity index (χ1n) is 5.61. The number of halogens is 2. The van der Waals surface area contributed by atoms with Crippen molar-refractivity contribution in [2.75, 3.05) is 17.6 Å². The molecule has 9 heteroatoms. The fraction of sp³-hybridized carbons (Fsp3) is 0.0833. The molecule has 2 aromatic rings. The van der Waals surface area contributed by atoms with Gasteiger partial charge in [-0.1, -0.05) is 0 Å². The second kappa shape index (κ2) is 6.20. The summed E-state index contributed by atoms with van der Waals surface area (Å²) in [4.78, 5) is 3.71. The lowest BCUT2D eigenvalue weighted by Crippen LogP contribution is -2.16. The Kier molecular flexibility index (Phi) is 4.74. The van der Waals surface area contributed by atoms with Crippen molar-refractivity contribution in [2.45, 2.75) is 4.90 Å². The van der Waals surface area contributed by atoms with Crippen LogP contribution in [0.2, 0.25) is 0 Å². The number of rotatable bonds is 4. The van der Waals surface area contributed by atoms with Crippen molar-refractivity contribution in [1.29, 1.82) is 0 Å². The number of sulfonamides is 1. The van der Waals surface area contributed by atoms with Crippen LogP contribution >= 0.6 is 31.9 Å². The minimum atomic E-state index is -3.87. The maximum atomic E-state index is 12.4. The van der Waals surface area contributed by atoms with Gasteiger partial charge in [-0.2, -0.15) is 0 Å². The second-order valence-corrected chi connectivity index (χ2v) is 7.41. The van der Waals surface area contributed by atoms with Crippen molar-refractivity contribution in [3.8, 4) is 5.75 Å². The largest absolute Gasteiger partial charge is 0.497 e. The number of hydrogen-bond donors (Lipinski definition) is 2. The number of aromatic nitrogens is 1. The molecule has 0 aliphatic rings. The number of nitrogens with one attached hydrogen (secondary N) is 1. The van der Waals surface area contributed by atoms with E-state index in [2.05, 4.69) is 41.6 Å². The quantitative estimate of drug-likeness (QED) is 0.768. The van der Waals surface area contributed by atoms with Crippen LogP contribution in [0.3, 0.4) is 0 Å². The van der Waals surface area contributed by atoms with Crippen LogP contribution in [0.25, 0.3) is 0 Å². The number of pyridine rings is 1. The molecule has 1 aromatic heterocycles. The molecule has 1 heterocycles. The zero-order chi connectivity index (χ0) is 15.6. The first kappa shape index (κ1) is 16.1. The maximum absolute atomic E-state index is 12.4. The zero-order valence-electron chi connectivity index (χ0n) is 10.8. The van der Waals surface area contributed by atoms with Crippen molar-refractivity contribution in [3.63, 3.8) is 0 Å². The molecule has 0 spiro atoms. The van der Waals surface area contributed by atoms with Gasteiger partial charge in [0.15, 0.2) is 0 Å². The Hall–Kier alpha value is -1.32. The number of anilines is 2. The summed E-state index contributed by atoms with van der Waals surface area (Å²) in [5.74, 6) is 0.445.